The lowest BCUT2D eigenvalue weighted by atomic mass is 10.0. The summed E-state index contributed by atoms with van der Waals surface area (Å²) in [6, 6.07) is 4.79. The predicted molar refractivity (Wildman–Crippen MR) is 102 cm³/mol. The van der Waals surface area contributed by atoms with Crippen LogP contribution in [0.5, 0.6) is 5.75 Å². The Balaban J connectivity index is 1.64. The largest absolute Gasteiger partial charge is 0.478 e. The van der Waals surface area contributed by atoms with Crippen molar-refractivity contribution in [2.45, 2.75) is 12.5 Å². The Hall–Kier alpha value is -2.95. The molecule has 29 heavy (non-hydrogen) atoms. The minimum atomic E-state index is -1.10. The molecule has 2 amide bonds. The normalized spacial score (nSPS) is 18.0. The van der Waals surface area contributed by atoms with Crippen molar-refractivity contribution in [3.05, 3.63) is 45.3 Å². The number of hydrogen-bond donors (Lipinski definition) is 2. The number of rotatable bonds is 6. The van der Waals surface area contributed by atoms with Crippen molar-refractivity contribution in [2.75, 3.05) is 32.8 Å². The number of carbonyl (C=O) groups excluding carboxylic acids is 2. The highest BCUT2D eigenvalue weighted by molar-refractivity contribution is 7.16. The zero-order chi connectivity index (χ0) is 20.7. The van der Waals surface area contributed by atoms with Gasteiger partial charge in [0, 0.05) is 12.0 Å². The number of methoxy groups -OCH3 is 1. The van der Waals surface area contributed by atoms with Crippen LogP contribution in [0.4, 0.5) is 5.00 Å². The Labute approximate surface area is 169 Å². The van der Waals surface area contributed by atoms with Gasteiger partial charge in [-0.15, -0.1) is 11.3 Å². The van der Waals surface area contributed by atoms with E-state index in [4.69, 9.17) is 19.9 Å². The first-order valence-corrected chi connectivity index (χ1v) is 9.62. The molecule has 0 aliphatic carbocycles. The highest BCUT2D eigenvalue weighted by Gasteiger charge is 2.41. The van der Waals surface area contributed by atoms with Crippen molar-refractivity contribution in [3.63, 3.8) is 0 Å². The topological polar surface area (TPSA) is 128 Å². The van der Waals surface area contributed by atoms with Crippen LogP contribution in [0.25, 0.3) is 0 Å². The molecule has 1 aromatic carbocycles. The molecule has 0 fully saturated rings. The average Bonchev–Trinajstić information content (AvgIpc) is 3.16. The smallest absolute Gasteiger partial charge is 0.338 e. The van der Waals surface area contributed by atoms with E-state index in [9.17, 15) is 19.5 Å². The highest BCUT2D eigenvalue weighted by atomic mass is 32.1. The summed E-state index contributed by atoms with van der Waals surface area (Å²) in [5.74, 6) is -1.77. The number of carboxylic acid groups (broad SMARTS) is 1. The second-order valence-electron chi connectivity index (χ2n) is 6.55. The molecule has 3 N–H and O–H groups in total. The standard InChI is InChI=1S/C19H18N2O7S/c1-26-8-28-11-4-2-3-10-13(11)18(23)21(17(10)22)7-12-15-9(5-6-27-12)14(19(24)25)16(20)29-15/h2-4,12H,5-8,20H2,1H3,(H,24,25). The summed E-state index contributed by atoms with van der Waals surface area (Å²) in [5.41, 5.74) is 7.01. The first-order chi connectivity index (χ1) is 13.9. The quantitative estimate of drug-likeness (QED) is 0.538. The van der Waals surface area contributed by atoms with E-state index in [-0.39, 0.29) is 47.4 Å². The van der Waals surface area contributed by atoms with Crippen molar-refractivity contribution < 1.29 is 33.7 Å². The average molecular weight is 418 g/mol. The number of nitrogens with zero attached hydrogens (tertiary/aromatic N) is 1. The summed E-state index contributed by atoms with van der Waals surface area (Å²) in [7, 11) is 1.46. The Morgan fingerprint density at radius 1 is 1.38 bits per heavy atom. The van der Waals surface area contributed by atoms with Crippen LogP contribution in [0.15, 0.2) is 18.2 Å². The van der Waals surface area contributed by atoms with Crippen molar-refractivity contribution in [1.29, 1.82) is 0 Å². The van der Waals surface area contributed by atoms with Crippen LogP contribution in [0, 0.1) is 0 Å². The molecule has 9 nitrogen and oxygen atoms in total. The Morgan fingerprint density at radius 3 is 2.90 bits per heavy atom. The van der Waals surface area contributed by atoms with Gasteiger partial charge in [0.25, 0.3) is 11.8 Å². The molecule has 1 aromatic heterocycles. The number of ether oxygens (including phenoxy) is 3. The van der Waals surface area contributed by atoms with Gasteiger partial charge in [0.2, 0.25) is 0 Å². The summed E-state index contributed by atoms with van der Waals surface area (Å²) in [4.78, 5) is 39.1. The highest BCUT2D eigenvalue weighted by Crippen LogP contribution is 2.41. The second kappa shape index (κ2) is 7.47. The number of fused-ring (bicyclic) bond motifs is 2. The second-order valence-corrected chi connectivity index (χ2v) is 7.63. The molecule has 0 radical (unpaired) electrons. The number of hydrogen-bond acceptors (Lipinski definition) is 8. The van der Waals surface area contributed by atoms with E-state index in [1.54, 1.807) is 18.2 Å². The number of benzene rings is 1. The van der Waals surface area contributed by atoms with Crippen LogP contribution in [0.1, 0.15) is 47.6 Å². The number of carbonyl (C=O) groups is 3. The van der Waals surface area contributed by atoms with E-state index < -0.39 is 23.9 Å². The van der Waals surface area contributed by atoms with Crippen LogP contribution in [0.2, 0.25) is 0 Å². The van der Waals surface area contributed by atoms with Crippen LogP contribution >= 0.6 is 11.3 Å². The van der Waals surface area contributed by atoms with Gasteiger partial charge in [-0.2, -0.15) is 0 Å². The lowest BCUT2D eigenvalue weighted by molar-refractivity contribution is 0.0186. The fourth-order valence-corrected chi connectivity index (χ4v) is 4.79. The molecular formula is C19H18N2O7S. The maximum absolute atomic E-state index is 13.0. The molecule has 2 aliphatic heterocycles. The van der Waals surface area contributed by atoms with Crippen molar-refractivity contribution >= 4 is 34.1 Å². The number of thiophene rings is 1. The first-order valence-electron chi connectivity index (χ1n) is 8.80. The minimum Gasteiger partial charge on any atom is -0.478 e. The first kappa shape index (κ1) is 19.4. The number of aromatic carboxylic acids is 1. The monoisotopic (exact) mass is 418 g/mol. The van der Waals surface area contributed by atoms with Crippen LogP contribution in [-0.4, -0.2) is 54.8 Å². The molecule has 0 saturated carbocycles. The number of carboxylic acids is 1. The van der Waals surface area contributed by atoms with Gasteiger partial charge in [0.1, 0.15) is 16.9 Å². The number of nitrogens with two attached hydrogens (primary N) is 1. The molecule has 2 aliphatic rings. The Bertz CT molecular complexity index is 1020. The molecule has 0 spiro atoms. The van der Waals surface area contributed by atoms with Gasteiger partial charge >= 0.3 is 5.97 Å². The molecule has 1 atom stereocenters. The Morgan fingerprint density at radius 2 is 2.17 bits per heavy atom. The van der Waals surface area contributed by atoms with Gasteiger partial charge in [-0.05, 0) is 24.1 Å². The summed E-state index contributed by atoms with van der Waals surface area (Å²) in [6.45, 7) is 0.182. The van der Waals surface area contributed by atoms with Crippen molar-refractivity contribution in [3.8, 4) is 5.75 Å². The molecule has 4 rings (SSSR count). The van der Waals surface area contributed by atoms with E-state index >= 15 is 0 Å². The van der Waals surface area contributed by atoms with Gasteiger partial charge in [0.15, 0.2) is 6.79 Å². The van der Waals surface area contributed by atoms with E-state index in [1.165, 1.54) is 7.11 Å². The maximum Gasteiger partial charge on any atom is 0.338 e. The van der Waals surface area contributed by atoms with Gasteiger partial charge in [-0.3, -0.25) is 14.5 Å². The van der Waals surface area contributed by atoms with E-state index in [1.807, 2.05) is 0 Å². The molecular weight excluding hydrogens is 400 g/mol. The third kappa shape index (κ3) is 3.15. The molecule has 1 unspecified atom stereocenters. The van der Waals surface area contributed by atoms with Gasteiger partial charge in [0.05, 0.1) is 29.8 Å². The summed E-state index contributed by atoms with van der Waals surface area (Å²) in [6.07, 6.45) is -0.220. The molecule has 152 valence electrons. The van der Waals surface area contributed by atoms with E-state index in [2.05, 4.69) is 0 Å². The SMILES string of the molecule is COCOc1cccc2c1C(=O)N(CC1OCCc3c1sc(N)c3C(=O)O)C2=O. The third-order valence-corrected chi connectivity index (χ3v) is 6.04. The van der Waals surface area contributed by atoms with E-state index in [0.717, 1.165) is 16.2 Å². The maximum atomic E-state index is 13.0. The third-order valence-electron chi connectivity index (χ3n) is 4.88. The van der Waals surface area contributed by atoms with Gasteiger partial charge in [-0.1, -0.05) is 6.07 Å². The number of amides is 2. The summed E-state index contributed by atoms with van der Waals surface area (Å²) >= 11 is 1.12. The number of nitrogen functional groups attached to an aromatic ring is 1. The van der Waals surface area contributed by atoms with E-state index in [0.29, 0.717) is 16.9 Å². The summed E-state index contributed by atoms with van der Waals surface area (Å²) in [5, 5.41) is 9.62. The number of anilines is 1. The predicted octanol–water partition coefficient (Wildman–Crippen LogP) is 1.92. The number of imide groups is 1. The zero-order valence-electron chi connectivity index (χ0n) is 15.5. The van der Waals surface area contributed by atoms with Gasteiger partial charge < -0.3 is 25.1 Å². The zero-order valence-corrected chi connectivity index (χ0v) is 16.3. The van der Waals surface area contributed by atoms with Crippen LogP contribution < -0.4 is 10.5 Å². The summed E-state index contributed by atoms with van der Waals surface area (Å²) < 4.78 is 16.1. The van der Waals surface area contributed by atoms with Gasteiger partial charge in [-0.25, -0.2) is 4.79 Å². The molecule has 2 aromatic rings. The van der Waals surface area contributed by atoms with Crippen LogP contribution in [0.3, 0.4) is 0 Å². The minimum absolute atomic E-state index is 0.0396. The lowest BCUT2D eigenvalue weighted by Gasteiger charge is -2.26. The van der Waals surface area contributed by atoms with Crippen LogP contribution in [-0.2, 0) is 15.9 Å². The van der Waals surface area contributed by atoms with Crippen molar-refractivity contribution in [1.82, 2.24) is 4.90 Å². The molecule has 0 bridgehead atoms. The Kier molecular flexibility index (Phi) is 4.99. The molecule has 3 heterocycles. The van der Waals surface area contributed by atoms with Crippen molar-refractivity contribution in [2.24, 2.45) is 0 Å². The fraction of sp³-hybridized carbons (Fsp3) is 0.316. The lowest BCUT2D eigenvalue weighted by Crippen LogP contribution is -2.36. The molecule has 0 saturated heterocycles. The molecule has 10 heteroatoms. The fourth-order valence-electron chi connectivity index (χ4n) is 3.64.